The topological polar surface area (TPSA) is 3.24 Å². The molecule has 0 N–H and O–H groups in total. The second-order valence-electron chi connectivity index (χ2n) is 3.62. The standard InChI is InChI=1S/C12H13N/c1-3-6-13-8-11-5-4-10(2)7-12(11)9-13/h1,4-5,7H,6,8-9H2,2H3. The van der Waals surface area contributed by atoms with Crippen LogP contribution in [0.5, 0.6) is 0 Å². The Hall–Kier alpha value is -1.26. The first-order valence-electron chi connectivity index (χ1n) is 4.54. The zero-order valence-corrected chi connectivity index (χ0v) is 7.88. The minimum Gasteiger partial charge on any atom is -0.284 e. The van der Waals surface area contributed by atoms with E-state index in [4.69, 9.17) is 6.42 Å². The van der Waals surface area contributed by atoms with Crippen LogP contribution in [0.15, 0.2) is 18.2 Å². The van der Waals surface area contributed by atoms with Crippen molar-refractivity contribution in [3.05, 3.63) is 34.9 Å². The van der Waals surface area contributed by atoms with Gasteiger partial charge < -0.3 is 0 Å². The van der Waals surface area contributed by atoms with E-state index in [0.717, 1.165) is 19.6 Å². The van der Waals surface area contributed by atoms with E-state index >= 15 is 0 Å². The quantitative estimate of drug-likeness (QED) is 0.584. The Labute approximate surface area is 79.4 Å². The Kier molecular flexibility index (Phi) is 2.08. The molecule has 1 aromatic carbocycles. The number of hydrogen-bond donors (Lipinski definition) is 0. The van der Waals surface area contributed by atoms with Crippen LogP contribution in [-0.2, 0) is 13.1 Å². The van der Waals surface area contributed by atoms with Gasteiger partial charge in [0.1, 0.15) is 0 Å². The molecule has 0 bridgehead atoms. The van der Waals surface area contributed by atoms with Crippen LogP contribution in [0.4, 0.5) is 0 Å². The molecule has 2 rings (SSSR count). The molecule has 1 aliphatic heterocycles. The summed E-state index contributed by atoms with van der Waals surface area (Å²) in [7, 11) is 0. The van der Waals surface area contributed by atoms with Crippen LogP contribution in [0.3, 0.4) is 0 Å². The van der Waals surface area contributed by atoms with Crippen molar-refractivity contribution in [2.75, 3.05) is 6.54 Å². The Morgan fingerprint density at radius 1 is 1.38 bits per heavy atom. The Bertz CT molecular complexity index is 360. The summed E-state index contributed by atoms with van der Waals surface area (Å²) in [6.07, 6.45) is 5.28. The Balaban J connectivity index is 2.21. The van der Waals surface area contributed by atoms with E-state index in [1.807, 2.05) is 0 Å². The average Bonchev–Trinajstić information content (AvgIpc) is 2.46. The van der Waals surface area contributed by atoms with Crippen molar-refractivity contribution < 1.29 is 0 Å². The van der Waals surface area contributed by atoms with Gasteiger partial charge in [-0.05, 0) is 18.1 Å². The van der Waals surface area contributed by atoms with E-state index in [1.165, 1.54) is 16.7 Å². The van der Waals surface area contributed by atoms with E-state index in [2.05, 4.69) is 35.9 Å². The van der Waals surface area contributed by atoms with Crippen molar-refractivity contribution in [3.8, 4) is 12.3 Å². The minimum atomic E-state index is 0.758. The fourth-order valence-corrected chi connectivity index (χ4v) is 1.83. The Morgan fingerprint density at radius 2 is 2.15 bits per heavy atom. The molecule has 66 valence electrons. The van der Waals surface area contributed by atoms with E-state index in [9.17, 15) is 0 Å². The van der Waals surface area contributed by atoms with Crippen LogP contribution < -0.4 is 0 Å². The highest BCUT2D eigenvalue weighted by Crippen LogP contribution is 2.22. The van der Waals surface area contributed by atoms with Gasteiger partial charge in [0.2, 0.25) is 0 Å². The second kappa shape index (κ2) is 3.24. The molecular formula is C12H13N. The van der Waals surface area contributed by atoms with Crippen LogP contribution in [0.25, 0.3) is 0 Å². The van der Waals surface area contributed by atoms with E-state index in [1.54, 1.807) is 0 Å². The van der Waals surface area contributed by atoms with Gasteiger partial charge in [0.05, 0.1) is 6.54 Å². The Morgan fingerprint density at radius 3 is 2.92 bits per heavy atom. The van der Waals surface area contributed by atoms with E-state index in [0.29, 0.717) is 0 Å². The molecule has 0 saturated heterocycles. The van der Waals surface area contributed by atoms with Gasteiger partial charge in [-0.3, -0.25) is 4.90 Å². The second-order valence-corrected chi connectivity index (χ2v) is 3.62. The van der Waals surface area contributed by atoms with Gasteiger partial charge in [-0.15, -0.1) is 6.42 Å². The predicted molar refractivity (Wildman–Crippen MR) is 54.1 cm³/mol. The third-order valence-electron chi connectivity index (χ3n) is 2.46. The normalized spacial score (nSPS) is 15.4. The SMILES string of the molecule is C#CCN1Cc2ccc(C)cc2C1. The molecular weight excluding hydrogens is 158 g/mol. The van der Waals surface area contributed by atoms with Gasteiger partial charge in [-0.25, -0.2) is 0 Å². The number of benzene rings is 1. The largest absolute Gasteiger partial charge is 0.284 e. The summed E-state index contributed by atoms with van der Waals surface area (Å²) < 4.78 is 0. The summed E-state index contributed by atoms with van der Waals surface area (Å²) in [5.41, 5.74) is 4.21. The number of aryl methyl sites for hydroxylation is 1. The van der Waals surface area contributed by atoms with Gasteiger partial charge in [0, 0.05) is 13.1 Å². The lowest BCUT2D eigenvalue weighted by Crippen LogP contribution is -2.15. The maximum Gasteiger partial charge on any atom is 0.0605 e. The maximum atomic E-state index is 5.28. The molecule has 0 amide bonds. The number of terminal acetylenes is 1. The smallest absolute Gasteiger partial charge is 0.0605 e. The summed E-state index contributed by atoms with van der Waals surface area (Å²) in [6, 6.07) is 6.63. The van der Waals surface area contributed by atoms with Crippen molar-refractivity contribution in [2.24, 2.45) is 0 Å². The molecule has 0 unspecified atom stereocenters. The zero-order chi connectivity index (χ0) is 9.26. The summed E-state index contributed by atoms with van der Waals surface area (Å²) >= 11 is 0. The maximum absolute atomic E-state index is 5.28. The molecule has 0 spiro atoms. The molecule has 1 heterocycles. The van der Waals surface area contributed by atoms with Crippen molar-refractivity contribution in [1.29, 1.82) is 0 Å². The lowest BCUT2D eigenvalue weighted by atomic mass is 10.1. The minimum absolute atomic E-state index is 0.758. The molecule has 0 aliphatic carbocycles. The van der Waals surface area contributed by atoms with Crippen LogP contribution in [0, 0.1) is 19.3 Å². The van der Waals surface area contributed by atoms with Crippen molar-refractivity contribution in [3.63, 3.8) is 0 Å². The van der Waals surface area contributed by atoms with Gasteiger partial charge >= 0.3 is 0 Å². The van der Waals surface area contributed by atoms with Crippen LogP contribution in [0.2, 0.25) is 0 Å². The fourth-order valence-electron chi connectivity index (χ4n) is 1.83. The number of hydrogen-bond acceptors (Lipinski definition) is 1. The number of rotatable bonds is 1. The number of fused-ring (bicyclic) bond motifs is 1. The molecule has 13 heavy (non-hydrogen) atoms. The average molecular weight is 171 g/mol. The van der Waals surface area contributed by atoms with Gasteiger partial charge in [0.15, 0.2) is 0 Å². The molecule has 0 radical (unpaired) electrons. The molecule has 0 atom stereocenters. The summed E-state index contributed by atoms with van der Waals surface area (Å²) in [6.45, 7) is 4.92. The molecule has 1 nitrogen and oxygen atoms in total. The van der Waals surface area contributed by atoms with E-state index < -0.39 is 0 Å². The van der Waals surface area contributed by atoms with E-state index in [-0.39, 0.29) is 0 Å². The fraction of sp³-hybridized carbons (Fsp3) is 0.333. The molecule has 0 saturated carbocycles. The summed E-state index contributed by atoms with van der Waals surface area (Å²) in [5, 5.41) is 0. The third-order valence-corrected chi connectivity index (χ3v) is 2.46. The highest BCUT2D eigenvalue weighted by molar-refractivity contribution is 5.34. The molecule has 1 heteroatoms. The van der Waals surface area contributed by atoms with Crippen LogP contribution in [0.1, 0.15) is 16.7 Å². The molecule has 0 aromatic heterocycles. The first-order valence-corrected chi connectivity index (χ1v) is 4.54. The zero-order valence-electron chi connectivity index (χ0n) is 7.88. The van der Waals surface area contributed by atoms with Crippen LogP contribution >= 0.6 is 0 Å². The lowest BCUT2D eigenvalue weighted by molar-refractivity contribution is 0.322. The molecule has 1 aliphatic rings. The van der Waals surface area contributed by atoms with Gasteiger partial charge in [-0.2, -0.15) is 0 Å². The third kappa shape index (κ3) is 1.59. The molecule has 0 fully saturated rings. The first kappa shape index (κ1) is 8.34. The van der Waals surface area contributed by atoms with Crippen molar-refractivity contribution in [2.45, 2.75) is 20.0 Å². The highest BCUT2D eigenvalue weighted by Gasteiger charge is 2.17. The van der Waals surface area contributed by atoms with Gasteiger partial charge in [-0.1, -0.05) is 29.7 Å². The van der Waals surface area contributed by atoms with Crippen LogP contribution in [-0.4, -0.2) is 11.4 Å². The molecule has 1 aromatic rings. The van der Waals surface area contributed by atoms with Gasteiger partial charge in [0.25, 0.3) is 0 Å². The summed E-state index contributed by atoms with van der Waals surface area (Å²) in [5.74, 6) is 2.69. The lowest BCUT2D eigenvalue weighted by Gasteiger charge is -2.08. The predicted octanol–water partition coefficient (Wildman–Crippen LogP) is 1.94. The summed E-state index contributed by atoms with van der Waals surface area (Å²) in [4.78, 5) is 2.28. The number of nitrogens with zero attached hydrogens (tertiary/aromatic N) is 1. The van der Waals surface area contributed by atoms with Crippen molar-refractivity contribution >= 4 is 0 Å². The first-order chi connectivity index (χ1) is 6.29. The highest BCUT2D eigenvalue weighted by atomic mass is 15.1. The monoisotopic (exact) mass is 171 g/mol. The van der Waals surface area contributed by atoms with Crippen molar-refractivity contribution in [1.82, 2.24) is 4.90 Å².